The zero-order valence-corrected chi connectivity index (χ0v) is 17.3. The van der Waals surface area contributed by atoms with Gasteiger partial charge in [0.05, 0.1) is 23.2 Å². The summed E-state index contributed by atoms with van der Waals surface area (Å²) < 4.78 is 7.36. The van der Waals surface area contributed by atoms with Crippen LogP contribution < -0.4 is 14.7 Å². The minimum Gasteiger partial charge on any atom is -0.497 e. The van der Waals surface area contributed by atoms with Gasteiger partial charge in [0, 0.05) is 21.3 Å². The van der Waals surface area contributed by atoms with Crippen molar-refractivity contribution in [1.82, 2.24) is 0 Å². The quantitative estimate of drug-likeness (QED) is 0.493. The Morgan fingerprint density at radius 3 is 2.56 bits per heavy atom. The van der Waals surface area contributed by atoms with Crippen molar-refractivity contribution in [2.24, 2.45) is 4.99 Å². The lowest BCUT2D eigenvalue weighted by atomic mass is 9.90. The molecule has 0 saturated carbocycles. The van der Waals surface area contributed by atoms with Gasteiger partial charge in [0.2, 0.25) is 0 Å². The number of fused-ring (bicyclic) bond motifs is 3. The number of hydrogen-bond acceptors (Lipinski definition) is 5. The molecule has 0 aliphatic carbocycles. The fraction of sp³-hybridized carbons (Fsp3) is 0.211. The normalized spacial score (nSPS) is 15.3. The van der Waals surface area contributed by atoms with Gasteiger partial charge in [0.1, 0.15) is 10.4 Å². The smallest absolute Gasteiger partial charge is 0.135 e. The van der Waals surface area contributed by atoms with Crippen LogP contribution in [0.4, 0.5) is 11.4 Å². The molecule has 0 spiro atoms. The molecule has 0 bridgehead atoms. The number of benzene rings is 2. The first-order valence-electron chi connectivity index (χ1n) is 7.88. The van der Waals surface area contributed by atoms with Crippen LogP contribution in [-0.4, -0.2) is 7.11 Å². The first kappa shape index (κ1) is 16.8. The summed E-state index contributed by atoms with van der Waals surface area (Å²) in [6.07, 6.45) is 0. The molecule has 3 aromatic rings. The summed E-state index contributed by atoms with van der Waals surface area (Å²) in [7, 11) is 5.20. The molecule has 128 valence electrons. The van der Waals surface area contributed by atoms with Gasteiger partial charge in [0.15, 0.2) is 0 Å². The van der Waals surface area contributed by atoms with E-state index in [1.54, 1.807) is 27.8 Å². The van der Waals surface area contributed by atoms with Crippen LogP contribution in [0.2, 0.25) is 0 Å². The van der Waals surface area contributed by atoms with Crippen LogP contribution in [0.25, 0.3) is 11.1 Å². The van der Waals surface area contributed by atoms with E-state index < -0.39 is 0 Å². The molecular formula is C19H17BrN2OS2. The highest BCUT2D eigenvalue weighted by atomic mass is 79.9. The lowest BCUT2D eigenvalue weighted by molar-refractivity contribution is 0.415. The number of nitrogens with one attached hydrogen (secondary N) is 1. The van der Waals surface area contributed by atoms with Crippen LogP contribution in [-0.2, 0) is 5.54 Å². The van der Waals surface area contributed by atoms with Gasteiger partial charge in [-0.3, -0.25) is 0 Å². The molecule has 0 radical (unpaired) electrons. The summed E-state index contributed by atoms with van der Waals surface area (Å²) in [6.45, 7) is 4.44. The molecule has 2 heterocycles. The van der Waals surface area contributed by atoms with Crippen LogP contribution in [0, 0.1) is 0 Å². The minimum absolute atomic E-state index is 0.106. The summed E-state index contributed by atoms with van der Waals surface area (Å²) in [6, 6.07) is 14.2. The number of hydrogen-bond donors (Lipinski definition) is 1. The molecule has 0 atom stereocenters. The number of anilines is 1. The van der Waals surface area contributed by atoms with Crippen LogP contribution in [0.15, 0.2) is 51.9 Å². The van der Waals surface area contributed by atoms with Crippen LogP contribution in [0.1, 0.15) is 18.7 Å². The van der Waals surface area contributed by atoms with Gasteiger partial charge in [-0.1, -0.05) is 36.6 Å². The first-order chi connectivity index (χ1) is 12.0. The molecule has 25 heavy (non-hydrogen) atoms. The van der Waals surface area contributed by atoms with E-state index in [9.17, 15) is 0 Å². The molecule has 1 aromatic heterocycles. The second-order valence-corrected chi connectivity index (χ2v) is 9.47. The third-order valence-electron chi connectivity index (χ3n) is 4.21. The summed E-state index contributed by atoms with van der Waals surface area (Å²) in [4.78, 5) is 6.24. The maximum absolute atomic E-state index is 5.23. The highest BCUT2D eigenvalue weighted by Gasteiger charge is 2.33. The zero-order valence-electron chi connectivity index (χ0n) is 14.1. The average molecular weight is 433 g/mol. The van der Waals surface area contributed by atoms with Crippen molar-refractivity contribution in [3.63, 3.8) is 0 Å². The topological polar surface area (TPSA) is 33.6 Å². The van der Waals surface area contributed by atoms with E-state index in [0.717, 1.165) is 26.3 Å². The summed E-state index contributed by atoms with van der Waals surface area (Å²) >= 11 is 3.60. The largest absolute Gasteiger partial charge is 0.497 e. The highest BCUT2D eigenvalue weighted by molar-refractivity contribution is 9.10. The third-order valence-corrected chi connectivity index (χ3v) is 7.35. The summed E-state index contributed by atoms with van der Waals surface area (Å²) in [5, 5.41) is 3.65. The monoisotopic (exact) mass is 432 g/mol. The second-order valence-electron chi connectivity index (χ2n) is 6.43. The first-order valence-corrected chi connectivity index (χ1v) is 10.8. The van der Waals surface area contributed by atoms with Gasteiger partial charge in [0.25, 0.3) is 0 Å². The number of ether oxygens (including phenoxy) is 1. The van der Waals surface area contributed by atoms with Crippen LogP contribution in [0.5, 0.6) is 5.75 Å². The van der Waals surface area contributed by atoms with E-state index in [1.807, 2.05) is 24.3 Å². The Hall–Kier alpha value is -1.63. The van der Waals surface area contributed by atoms with E-state index in [4.69, 9.17) is 9.73 Å². The van der Waals surface area contributed by atoms with Crippen molar-refractivity contribution >= 4 is 48.0 Å². The number of nitrogens with zero attached hydrogens (tertiary/aromatic N) is 1. The molecule has 2 aromatic carbocycles. The van der Waals surface area contributed by atoms with E-state index >= 15 is 0 Å². The molecule has 4 rings (SSSR count). The predicted octanol–water partition coefficient (Wildman–Crippen LogP) is 6.14. The fourth-order valence-electron chi connectivity index (χ4n) is 2.99. The van der Waals surface area contributed by atoms with E-state index in [2.05, 4.69) is 53.3 Å². The molecule has 0 fully saturated rings. The van der Waals surface area contributed by atoms with Crippen LogP contribution in [0.3, 0.4) is 0 Å². The van der Waals surface area contributed by atoms with Crippen molar-refractivity contribution in [1.29, 1.82) is 0 Å². The van der Waals surface area contributed by atoms with Gasteiger partial charge in [-0.15, -0.1) is 0 Å². The third kappa shape index (κ3) is 3.03. The fourth-order valence-corrected chi connectivity index (χ4v) is 6.29. The highest BCUT2D eigenvalue weighted by Crippen LogP contribution is 2.46. The maximum Gasteiger partial charge on any atom is 0.135 e. The summed E-state index contributed by atoms with van der Waals surface area (Å²) in [5.41, 5.74) is 4.42. The van der Waals surface area contributed by atoms with Gasteiger partial charge in [-0.2, -0.15) is 0 Å². The standard InChI is InChI=1S/C19H17BrN2OS2/c1-19(2)17-16(14-10-11(20)4-9-15(14)22-19)18(25-24-17)21-12-5-7-13(23-3)8-6-12/h4-10,22H,1-3H3. The Bertz CT molecular complexity index is 1000. The zero-order chi connectivity index (χ0) is 17.6. The molecule has 1 N–H and O–H groups in total. The number of methoxy groups -OCH3 is 1. The van der Waals surface area contributed by atoms with Crippen molar-refractivity contribution in [3.8, 4) is 16.9 Å². The SMILES string of the molecule is COc1ccc(N=c2ssc3c2-c2cc(Br)ccc2NC3(C)C)cc1. The molecule has 0 unspecified atom stereocenters. The average Bonchev–Trinajstić information content (AvgIpc) is 3.01. The van der Waals surface area contributed by atoms with Crippen LogP contribution >= 0.6 is 36.6 Å². The number of halogens is 1. The molecule has 6 heteroatoms. The molecule has 1 aliphatic rings. The van der Waals surface area contributed by atoms with Crippen molar-refractivity contribution in [2.45, 2.75) is 19.4 Å². The predicted molar refractivity (Wildman–Crippen MR) is 110 cm³/mol. The van der Waals surface area contributed by atoms with Gasteiger partial charge in [-0.25, -0.2) is 4.99 Å². The van der Waals surface area contributed by atoms with Crippen molar-refractivity contribution in [2.75, 3.05) is 12.4 Å². The molecule has 3 nitrogen and oxygen atoms in total. The molecule has 0 amide bonds. The second kappa shape index (κ2) is 6.27. The lowest BCUT2D eigenvalue weighted by Gasteiger charge is -2.33. The van der Waals surface area contributed by atoms with Crippen molar-refractivity contribution in [3.05, 3.63) is 56.5 Å². The molecular weight excluding hydrogens is 416 g/mol. The minimum atomic E-state index is -0.106. The Morgan fingerprint density at radius 2 is 1.84 bits per heavy atom. The molecule has 1 aliphatic heterocycles. The van der Waals surface area contributed by atoms with Crippen molar-refractivity contribution < 1.29 is 4.74 Å². The Morgan fingerprint density at radius 1 is 1.08 bits per heavy atom. The lowest BCUT2D eigenvalue weighted by Crippen LogP contribution is -2.31. The van der Waals surface area contributed by atoms with Gasteiger partial charge in [-0.05, 0) is 56.3 Å². The van der Waals surface area contributed by atoms with E-state index in [0.29, 0.717) is 0 Å². The number of rotatable bonds is 2. The van der Waals surface area contributed by atoms with Gasteiger partial charge >= 0.3 is 0 Å². The summed E-state index contributed by atoms with van der Waals surface area (Å²) in [5.74, 6) is 0.842. The van der Waals surface area contributed by atoms with E-state index in [-0.39, 0.29) is 5.54 Å². The Labute approximate surface area is 162 Å². The van der Waals surface area contributed by atoms with E-state index in [1.165, 1.54) is 16.0 Å². The maximum atomic E-state index is 5.23. The Kier molecular flexibility index (Phi) is 4.22. The van der Waals surface area contributed by atoms with Gasteiger partial charge < -0.3 is 10.1 Å². The molecule has 0 saturated heterocycles. The Balaban J connectivity index is 1.93.